The lowest BCUT2D eigenvalue weighted by molar-refractivity contribution is -0.385. The first-order chi connectivity index (χ1) is 9.38. The fraction of sp³-hybridized carbons (Fsp3) is 0.417. The minimum Gasteiger partial charge on any atom is -0.341 e. The van der Waals surface area contributed by atoms with Crippen LogP contribution >= 0.6 is 0 Å². The molecule has 0 radical (unpaired) electrons. The standard InChI is InChI=1S/C12H15F2N3O3/c1-15-4-3-5-16(2)12(18)8-6-9(13)10(14)7-11(8)17(19)20/h6-7,15H,3-5H2,1-2H3. The predicted molar refractivity (Wildman–Crippen MR) is 68.5 cm³/mol. The van der Waals surface area contributed by atoms with E-state index in [9.17, 15) is 23.7 Å². The van der Waals surface area contributed by atoms with Gasteiger partial charge in [-0.1, -0.05) is 0 Å². The third-order valence-electron chi connectivity index (χ3n) is 2.73. The van der Waals surface area contributed by atoms with E-state index in [4.69, 9.17) is 0 Å². The zero-order chi connectivity index (χ0) is 15.3. The van der Waals surface area contributed by atoms with E-state index in [2.05, 4.69) is 5.32 Å². The van der Waals surface area contributed by atoms with Crippen molar-refractivity contribution in [1.82, 2.24) is 10.2 Å². The Balaban J connectivity index is 3.02. The van der Waals surface area contributed by atoms with E-state index in [1.54, 1.807) is 7.05 Å². The van der Waals surface area contributed by atoms with Crippen molar-refractivity contribution in [2.45, 2.75) is 6.42 Å². The van der Waals surface area contributed by atoms with Crippen molar-refractivity contribution in [2.75, 3.05) is 27.2 Å². The molecular formula is C12H15F2N3O3. The monoisotopic (exact) mass is 287 g/mol. The van der Waals surface area contributed by atoms with E-state index in [1.165, 1.54) is 11.9 Å². The summed E-state index contributed by atoms with van der Waals surface area (Å²) in [5, 5.41) is 13.7. The van der Waals surface area contributed by atoms with Crippen LogP contribution in [0.3, 0.4) is 0 Å². The molecule has 0 fully saturated rings. The summed E-state index contributed by atoms with van der Waals surface area (Å²) in [5.74, 6) is -3.36. The van der Waals surface area contributed by atoms with Crippen molar-refractivity contribution < 1.29 is 18.5 Å². The molecule has 20 heavy (non-hydrogen) atoms. The third-order valence-corrected chi connectivity index (χ3v) is 2.73. The van der Waals surface area contributed by atoms with Gasteiger partial charge in [0.05, 0.1) is 11.0 Å². The van der Waals surface area contributed by atoms with Gasteiger partial charge in [0.15, 0.2) is 11.6 Å². The number of nitro groups is 1. The van der Waals surface area contributed by atoms with Gasteiger partial charge in [-0.2, -0.15) is 0 Å². The van der Waals surface area contributed by atoms with Gasteiger partial charge in [-0.3, -0.25) is 14.9 Å². The number of benzene rings is 1. The highest BCUT2D eigenvalue weighted by molar-refractivity contribution is 5.98. The van der Waals surface area contributed by atoms with Crippen LogP contribution in [0, 0.1) is 21.7 Å². The Bertz CT molecular complexity index is 523. The maximum Gasteiger partial charge on any atom is 0.285 e. The molecule has 0 unspecified atom stereocenters. The van der Waals surface area contributed by atoms with Crippen LogP contribution in [0.1, 0.15) is 16.8 Å². The van der Waals surface area contributed by atoms with Gasteiger partial charge in [-0.15, -0.1) is 0 Å². The Morgan fingerprint density at radius 1 is 1.40 bits per heavy atom. The molecule has 0 bridgehead atoms. The largest absolute Gasteiger partial charge is 0.341 e. The van der Waals surface area contributed by atoms with Crippen molar-refractivity contribution in [2.24, 2.45) is 0 Å². The predicted octanol–water partition coefficient (Wildman–Crippen LogP) is 1.55. The lowest BCUT2D eigenvalue weighted by Crippen LogP contribution is -2.30. The first-order valence-corrected chi connectivity index (χ1v) is 5.92. The molecule has 0 heterocycles. The van der Waals surface area contributed by atoms with Gasteiger partial charge >= 0.3 is 0 Å². The van der Waals surface area contributed by atoms with Gasteiger partial charge in [-0.05, 0) is 26.1 Å². The third kappa shape index (κ3) is 3.70. The van der Waals surface area contributed by atoms with E-state index in [1.807, 2.05) is 0 Å². The molecule has 1 amide bonds. The van der Waals surface area contributed by atoms with Crippen molar-refractivity contribution >= 4 is 11.6 Å². The average Bonchev–Trinajstić information content (AvgIpc) is 2.40. The van der Waals surface area contributed by atoms with Gasteiger partial charge < -0.3 is 10.2 Å². The molecule has 1 aromatic carbocycles. The molecule has 0 aliphatic heterocycles. The first kappa shape index (κ1) is 16.0. The van der Waals surface area contributed by atoms with Crippen molar-refractivity contribution in [3.05, 3.63) is 39.4 Å². The van der Waals surface area contributed by atoms with E-state index < -0.39 is 33.7 Å². The van der Waals surface area contributed by atoms with Gasteiger partial charge in [0.2, 0.25) is 0 Å². The summed E-state index contributed by atoms with van der Waals surface area (Å²) in [7, 11) is 3.20. The second kappa shape index (κ2) is 6.90. The summed E-state index contributed by atoms with van der Waals surface area (Å²) in [6.07, 6.45) is 0.635. The fourth-order valence-electron chi connectivity index (χ4n) is 1.66. The zero-order valence-electron chi connectivity index (χ0n) is 11.2. The molecule has 6 nitrogen and oxygen atoms in total. The molecule has 0 spiro atoms. The van der Waals surface area contributed by atoms with Gasteiger partial charge in [0, 0.05) is 13.6 Å². The summed E-state index contributed by atoms with van der Waals surface area (Å²) in [4.78, 5) is 23.2. The lowest BCUT2D eigenvalue weighted by Gasteiger charge is -2.17. The Kier molecular flexibility index (Phi) is 5.51. The maximum absolute atomic E-state index is 13.2. The lowest BCUT2D eigenvalue weighted by atomic mass is 10.1. The smallest absolute Gasteiger partial charge is 0.285 e. The van der Waals surface area contributed by atoms with Gasteiger partial charge in [0.1, 0.15) is 5.56 Å². The zero-order valence-corrected chi connectivity index (χ0v) is 11.2. The highest BCUT2D eigenvalue weighted by Crippen LogP contribution is 2.23. The molecule has 0 aromatic heterocycles. The molecule has 0 atom stereocenters. The van der Waals surface area contributed by atoms with Crippen LogP contribution in [-0.4, -0.2) is 42.9 Å². The summed E-state index contributed by atoms with van der Waals surface area (Å²) in [5.41, 5.74) is -1.20. The molecule has 1 N–H and O–H groups in total. The highest BCUT2D eigenvalue weighted by atomic mass is 19.2. The van der Waals surface area contributed by atoms with Crippen LogP contribution in [-0.2, 0) is 0 Å². The quantitative estimate of drug-likeness (QED) is 0.489. The number of rotatable bonds is 6. The van der Waals surface area contributed by atoms with E-state index in [0.717, 1.165) is 0 Å². The number of nitro benzene ring substituents is 1. The summed E-state index contributed by atoms with van der Waals surface area (Å²) in [6, 6.07) is 0.981. The Morgan fingerprint density at radius 2 is 2.00 bits per heavy atom. The Labute approximate surface area is 114 Å². The molecule has 1 aromatic rings. The molecule has 0 aliphatic rings. The normalized spacial score (nSPS) is 10.4. The van der Waals surface area contributed by atoms with Crippen molar-refractivity contribution in [3.63, 3.8) is 0 Å². The molecule has 110 valence electrons. The summed E-state index contributed by atoms with van der Waals surface area (Å²) in [6.45, 7) is 1.01. The average molecular weight is 287 g/mol. The van der Waals surface area contributed by atoms with Gasteiger partial charge in [0.25, 0.3) is 11.6 Å². The fourth-order valence-corrected chi connectivity index (χ4v) is 1.66. The van der Waals surface area contributed by atoms with Crippen molar-refractivity contribution in [1.29, 1.82) is 0 Å². The molecule has 8 heteroatoms. The summed E-state index contributed by atoms with van der Waals surface area (Å²) < 4.78 is 26.2. The van der Waals surface area contributed by atoms with Crippen LogP contribution in [0.15, 0.2) is 12.1 Å². The molecule has 0 aliphatic carbocycles. The number of carbonyl (C=O) groups excluding carboxylic acids is 1. The number of nitrogens with one attached hydrogen (secondary N) is 1. The van der Waals surface area contributed by atoms with Crippen LogP contribution in [0.25, 0.3) is 0 Å². The van der Waals surface area contributed by atoms with Crippen LogP contribution < -0.4 is 5.32 Å². The SMILES string of the molecule is CNCCCN(C)C(=O)c1cc(F)c(F)cc1[N+](=O)[O-]. The van der Waals surface area contributed by atoms with E-state index >= 15 is 0 Å². The minimum absolute atomic E-state index is 0.343. The molecule has 0 saturated carbocycles. The number of hydrogen-bond acceptors (Lipinski definition) is 4. The molecular weight excluding hydrogens is 272 g/mol. The Hall–Kier alpha value is -2.09. The highest BCUT2D eigenvalue weighted by Gasteiger charge is 2.25. The van der Waals surface area contributed by atoms with E-state index in [0.29, 0.717) is 31.6 Å². The van der Waals surface area contributed by atoms with Gasteiger partial charge in [-0.25, -0.2) is 8.78 Å². The summed E-state index contributed by atoms with van der Waals surface area (Å²) >= 11 is 0. The van der Waals surface area contributed by atoms with Crippen molar-refractivity contribution in [3.8, 4) is 0 Å². The van der Waals surface area contributed by atoms with Crippen LogP contribution in [0.2, 0.25) is 0 Å². The maximum atomic E-state index is 13.2. The first-order valence-electron chi connectivity index (χ1n) is 5.92. The van der Waals surface area contributed by atoms with Crippen LogP contribution in [0.4, 0.5) is 14.5 Å². The second-order valence-corrected chi connectivity index (χ2v) is 4.22. The molecule has 1 rings (SSSR count). The number of amides is 1. The number of halogens is 2. The van der Waals surface area contributed by atoms with Crippen LogP contribution in [0.5, 0.6) is 0 Å². The molecule has 0 saturated heterocycles. The second-order valence-electron chi connectivity index (χ2n) is 4.22. The topological polar surface area (TPSA) is 75.5 Å². The number of hydrogen-bond donors (Lipinski definition) is 1. The van der Waals surface area contributed by atoms with E-state index in [-0.39, 0.29) is 0 Å². The number of carbonyl (C=O) groups is 1. The Morgan fingerprint density at radius 3 is 2.55 bits per heavy atom. The minimum atomic E-state index is -1.36. The number of nitrogens with zero attached hydrogens (tertiary/aromatic N) is 2.